The van der Waals surface area contributed by atoms with Gasteiger partial charge < -0.3 is 0 Å². The number of hydrogen-bond donors (Lipinski definition) is 0. The van der Waals surface area contributed by atoms with E-state index in [1.807, 2.05) is 0 Å². The third kappa shape index (κ3) is 2.93. The second kappa shape index (κ2) is 6.63. The normalized spacial score (nSPS) is 33.9. The predicted molar refractivity (Wildman–Crippen MR) is 94.4 cm³/mol. The van der Waals surface area contributed by atoms with Crippen LogP contribution in [0.4, 0.5) is 0 Å². The van der Waals surface area contributed by atoms with E-state index >= 15 is 0 Å². The maximum Gasteiger partial charge on any atom is -0.0213 e. The third-order valence-electron chi connectivity index (χ3n) is 7.71. The molecule has 0 spiro atoms. The van der Waals surface area contributed by atoms with Gasteiger partial charge in [0.25, 0.3) is 0 Å². The van der Waals surface area contributed by atoms with Crippen LogP contribution in [0.15, 0.2) is 0 Å². The van der Waals surface area contributed by atoms with Crippen molar-refractivity contribution in [2.45, 2.75) is 99.3 Å². The lowest BCUT2D eigenvalue weighted by Crippen LogP contribution is -2.53. The number of rotatable bonds is 4. The van der Waals surface area contributed by atoms with E-state index in [0.29, 0.717) is 10.8 Å². The molecule has 0 N–H and O–H groups in total. The van der Waals surface area contributed by atoms with E-state index in [1.165, 1.54) is 57.8 Å². The smallest absolute Gasteiger partial charge is 0.0213 e. The predicted octanol–water partition coefficient (Wildman–Crippen LogP) is 7.08. The minimum Gasteiger partial charge on any atom is -0.0625 e. The molecule has 0 aromatic heterocycles. The molecule has 2 atom stereocenters. The van der Waals surface area contributed by atoms with Crippen LogP contribution in [-0.4, -0.2) is 0 Å². The largest absolute Gasteiger partial charge is 0.0625 e. The van der Waals surface area contributed by atoms with Gasteiger partial charge in [0.15, 0.2) is 0 Å². The highest BCUT2D eigenvalue weighted by molar-refractivity contribution is 5.05. The summed E-state index contributed by atoms with van der Waals surface area (Å²) in [5.41, 5.74) is 1.25. The van der Waals surface area contributed by atoms with Crippen LogP contribution in [-0.2, 0) is 0 Å². The van der Waals surface area contributed by atoms with Gasteiger partial charge in [-0.05, 0) is 60.2 Å². The molecule has 0 aromatic rings. The molecule has 0 nitrogen and oxygen atoms in total. The van der Waals surface area contributed by atoms with Gasteiger partial charge in [-0.25, -0.2) is 0 Å². The Labute approximate surface area is 134 Å². The van der Waals surface area contributed by atoms with E-state index in [0.717, 1.165) is 23.7 Å². The fourth-order valence-electron chi connectivity index (χ4n) is 6.31. The van der Waals surface area contributed by atoms with Gasteiger partial charge in [0.1, 0.15) is 0 Å². The van der Waals surface area contributed by atoms with Gasteiger partial charge in [-0.2, -0.15) is 0 Å². The molecular formula is C21H40. The lowest BCUT2D eigenvalue weighted by molar-refractivity contribution is -0.117. The van der Waals surface area contributed by atoms with Crippen LogP contribution in [0.25, 0.3) is 0 Å². The molecule has 21 heavy (non-hydrogen) atoms. The first-order chi connectivity index (χ1) is 9.86. The summed E-state index contributed by atoms with van der Waals surface area (Å²) in [6.45, 7) is 15.1. The fraction of sp³-hybridized carbons (Fsp3) is 1.00. The lowest BCUT2D eigenvalue weighted by atomic mass is 9.44. The molecule has 0 bridgehead atoms. The summed E-state index contributed by atoms with van der Waals surface area (Å²) >= 11 is 0. The summed E-state index contributed by atoms with van der Waals surface area (Å²) in [7, 11) is 0. The molecule has 2 aliphatic carbocycles. The van der Waals surface area contributed by atoms with E-state index in [9.17, 15) is 0 Å². The van der Waals surface area contributed by atoms with Crippen molar-refractivity contribution in [2.75, 3.05) is 0 Å². The SMILES string of the molecule is CC(C)C1CCCC(C(C)C)(C2(C(C)C)CCCCC2)C1. The van der Waals surface area contributed by atoms with Gasteiger partial charge in [0, 0.05) is 0 Å². The minimum absolute atomic E-state index is 0.620. The Bertz CT molecular complexity index is 319. The highest BCUT2D eigenvalue weighted by Crippen LogP contribution is 2.64. The Morgan fingerprint density at radius 3 is 1.67 bits per heavy atom. The van der Waals surface area contributed by atoms with Crippen LogP contribution in [0.5, 0.6) is 0 Å². The maximum absolute atomic E-state index is 2.54. The lowest BCUT2D eigenvalue weighted by Gasteiger charge is -2.61. The number of hydrogen-bond acceptors (Lipinski definition) is 0. The molecule has 0 aromatic carbocycles. The van der Waals surface area contributed by atoms with E-state index in [2.05, 4.69) is 41.5 Å². The molecule has 2 rings (SSSR count). The third-order valence-corrected chi connectivity index (χ3v) is 7.71. The van der Waals surface area contributed by atoms with Crippen molar-refractivity contribution in [3.63, 3.8) is 0 Å². The zero-order chi connectivity index (χ0) is 15.7. The Kier molecular flexibility index (Phi) is 5.48. The summed E-state index contributed by atoms with van der Waals surface area (Å²) in [6.07, 6.45) is 13.5. The molecule has 0 heterocycles. The summed E-state index contributed by atoms with van der Waals surface area (Å²) in [6, 6.07) is 0. The first-order valence-corrected chi connectivity index (χ1v) is 9.86. The topological polar surface area (TPSA) is 0 Å². The zero-order valence-electron chi connectivity index (χ0n) is 15.7. The highest BCUT2D eigenvalue weighted by Gasteiger charge is 2.55. The molecule has 0 radical (unpaired) electrons. The summed E-state index contributed by atoms with van der Waals surface area (Å²) in [4.78, 5) is 0. The molecule has 0 heteroatoms. The van der Waals surface area contributed by atoms with Crippen LogP contribution in [0.1, 0.15) is 99.3 Å². The zero-order valence-corrected chi connectivity index (χ0v) is 15.7. The van der Waals surface area contributed by atoms with Gasteiger partial charge in [-0.3, -0.25) is 0 Å². The first kappa shape index (κ1) is 17.4. The Hall–Kier alpha value is 0. The van der Waals surface area contributed by atoms with E-state index in [1.54, 1.807) is 0 Å². The van der Waals surface area contributed by atoms with Crippen molar-refractivity contribution in [3.05, 3.63) is 0 Å². The quantitative estimate of drug-likeness (QED) is 0.519. The summed E-state index contributed by atoms with van der Waals surface area (Å²) in [5, 5.41) is 0. The van der Waals surface area contributed by atoms with Crippen molar-refractivity contribution in [1.82, 2.24) is 0 Å². The molecule has 0 aliphatic heterocycles. The molecule has 0 amide bonds. The molecular weight excluding hydrogens is 252 g/mol. The van der Waals surface area contributed by atoms with Gasteiger partial charge in [0.05, 0.1) is 0 Å². The minimum atomic E-state index is 0.620. The van der Waals surface area contributed by atoms with Crippen LogP contribution in [0, 0.1) is 34.5 Å². The standard InChI is InChI=1S/C21H40/c1-16(2)19-11-10-14-21(15-19,18(5)6)20(17(3)4)12-8-7-9-13-20/h16-19H,7-15H2,1-6H3. The van der Waals surface area contributed by atoms with Crippen molar-refractivity contribution < 1.29 is 0 Å². The Morgan fingerprint density at radius 1 is 0.667 bits per heavy atom. The fourth-order valence-corrected chi connectivity index (χ4v) is 6.31. The van der Waals surface area contributed by atoms with E-state index < -0.39 is 0 Å². The monoisotopic (exact) mass is 292 g/mol. The summed E-state index contributed by atoms with van der Waals surface area (Å²) in [5.74, 6) is 3.54. The molecule has 124 valence electrons. The molecule has 2 aliphatic rings. The van der Waals surface area contributed by atoms with Crippen molar-refractivity contribution in [1.29, 1.82) is 0 Å². The summed E-state index contributed by atoms with van der Waals surface area (Å²) < 4.78 is 0. The highest BCUT2D eigenvalue weighted by atomic mass is 14.6. The van der Waals surface area contributed by atoms with Gasteiger partial charge >= 0.3 is 0 Å². The molecule has 2 unspecified atom stereocenters. The van der Waals surface area contributed by atoms with Crippen molar-refractivity contribution in [3.8, 4) is 0 Å². The van der Waals surface area contributed by atoms with Crippen molar-refractivity contribution in [2.24, 2.45) is 34.5 Å². The van der Waals surface area contributed by atoms with Gasteiger partial charge in [0.2, 0.25) is 0 Å². The van der Waals surface area contributed by atoms with Gasteiger partial charge in [-0.15, -0.1) is 0 Å². The van der Waals surface area contributed by atoms with Crippen LogP contribution < -0.4 is 0 Å². The van der Waals surface area contributed by atoms with Crippen LogP contribution in [0.2, 0.25) is 0 Å². The maximum atomic E-state index is 2.54. The van der Waals surface area contributed by atoms with Crippen molar-refractivity contribution >= 4 is 0 Å². The van der Waals surface area contributed by atoms with Gasteiger partial charge in [-0.1, -0.05) is 73.6 Å². The average Bonchev–Trinajstić information content (AvgIpc) is 2.47. The molecule has 0 saturated heterocycles. The van der Waals surface area contributed by atoms with Crippen LogP contribution in [0.3, 0.4) is 0 Å². The molecule has 2 saturated carbocycles. The second-order valence-corrected chi connectivity index (χ2v) is 9.28. The van der Waals surface area contributed by atoms with Crippen LogP contribution >= 0.6 is 0 Å². The second-order valence-electron chi connectivity index (χ2n) is 9.28. The average molecular weight is 293 g/mol. The first-order valence-electron chi connectivity index (χ1n) is 9.86. The Balaban J connectivity index is 2.39. The Morgan fingerprint density at radius 2 is 1.19 bits per heavy atom. The molecule has 2 fully saturated rings. The van der Waals surface area contributed by atoms with E-state index in [4.69, 9.17) is 0 Å². The van der Waals surface area contributed by atoms with E-state index in [-0.39, 0.29) is 0 Å².